The lowest BCUT2D eigenvalue weighted by Gasteiger charge is -2.26. The van der Waals surface area contributed by atoms with Gasteiger partial charge in [0.15, 0.2) is 0 Å². The van der Waals surface area contributed by atoms with Gasteiger partial charge in [0.1, 0.15) is 5.82 Å². The Bertz CT molecular complexity index is 391. The summed E-state index contributed by atoms with van der Waals surface area (Å²) in [7, 11) is 0. The standard InChI is InChI=1S/C16H28FN3/c1-4-19(5-2)10-7-11-20(6-3)16-9-8-14(13-18)12-15(16)17/h8-9,12H,4-7,10-11,13,18H2,1-3H3. The Labute approximate surface area is 122 Å². The predicted molar refractivity (Wildman–Crippen MR) is 84.6 cm³/mol. The highest BCUT2D eigenvalue weighted by atomic mass is 19.1. The van der Waals surface area contributed by atoms with Gasteiger partial charge in [-0.15, -0.1) is 0 Å². The quantitative estimate of drug-likeness (QED) is 0.755. The smallest absolute Gasteiger partial charge is 0.146 e. The third-order valence-corrected chi connectivity index (χ3v) is 3.77. The summed E-state index contributed by atoms with van der Waals surface area (Å²) in [6.07, 6.45) is 1.05. The van der Waals surface area contributed by atoms with Crippen molar-refractivity contribution >= 4 is 5.69 Å². The Hall–Kier alpha value is -1.13. The summed E-state index contributed by atoms with van der Waals surface area (Å²) in [5.41, 5.74) is 7.06. The first kappa shape index (κ1) is 16.9. The Morgan fingerprint density at radius 1 is 1.05 bits per heavy atom. The lowest BCUT2D eigenvalue weighted by molar-refractivity contribution is 0.300. The number of benzene rings is 1. The molecule has 20 heavy (non-hydrogen) atoms. The van der Waals surface area contributed by atoms with Crippen LogP contribution in [0, 0.1) is 5.82 Å². The van der Waals surface area contributed by atoms with Gasteiger partial charge in [0.25, 0.3) is 0 Å². The van der Waals surface area contributed by atoms with E-state index >= 15 is 0 Å². The molecule has 0 saturated heterocycles. The minimum Gasteiger partial charge on any atom is -0.369 e. The molecule has 3 nitrogen and oxygen atoms in total. The van der Waals surface area contributed by atoms with Crippen molar-refractivity contribution in [3.05, 3.63) is 29.6 Å². The van der Waals surface area contributed by atoms with Crippen LogP contribution in [0.3, 0.4) is 0 Å². The normalized spacial score (nSPS) is 11.1. The summed E-state index contributed by atoms with van der Waals surface area (Å²) >= 11 is 0. The predicted octanol–water partition coefficient (Wildman–Crippen LogP) is 2.84. The molecule has 4 heteroatoms. The number of nitrogens with two attached hydrogens (primary N) is 1. The van der Waals surface area contributed by atoms with Crippen molar-refractivity contribution in [1.82, 2.24) is 4.90 Å². The second kappa shape index (κ2) is 8.93. The van der Waals surface area contributed by atoms with E-state index in [0.29, 0.717) is 12.2 Å². The van der Waals surface area contributed by atoms with Gasteiger partial charge >= 0.3 is 0 Å². The summed E-state index contributed by atoms with van der Waals surface area (Å²) < 4.78 is 14.1. The van der Waals surface area contributed by atoms with Crippen LogP contribution in [0.15, 0.2) is 18.2 Å². The van der Waals surface area contributed by atoms with Crippen LogP contribution in [-0.2, 0) is 6.54 Å². The van der Waals surface area contributed by atoms with Crippen molar-refractivity contribution in [2.24, 2.45) is 5.73 Å². The highest BCUT2D eigenvalue weighted by molar-refractivity contribution is 5.49. The minimum atomic E-state index is -0.169. The largest absolute Gasteiger partial charge is 0.369 e. The molecule has 0 aliphatic rings. The SMILES string of the molecule is CCN(CC)CCCN(CC)c1ccc(CN)cc1F. The molecule has 2 N–H and O–H groups in total. The molecular formula is C16H28FN3. The van der Waals surface area contributed by atoms with Crippen LogP contribution in [0.2, 0.25) is 0 Å². The summed E-state index contributed by atoms with van der Waals surface area (Å²) in [6, 6.07) is 5.30. The van der Waals surface area contributed by atoms with E-state index in [4.69, 9.17) is 5.73 Å². The molecule has 0 atom stereocenters. The third-order valence-electron chi connectivity index (χ3n) is 3.77. The van der Waals surface area contributed by atoms with Crippen molar-refractivity contribution in [2.75, 3.05) is 37.6 Å². The monoisotopic (exact) mass is 281 g/mol. The van der Waals surface area contributed by atoms with Crippen LogP contribution in [-0.4, -0.2) is 37.6 Å². The first-order chi connectivity index (χ1) is 9.65. The summed E-state index contributed by atoms with van der Waals surface area (Å²) in [5.74, 6) is -0.169. The van der Waals surface area contributed by atoms with E-state index in [2.05, 4.69) is 30.6 Å². The fourth-order valence-corrected chi connectivity index (χ4v) is 2.41. The fourth-order valence-electron chi connectivity index (χ4n) is 2.41. The molecule has 1 rings (SSSR count). The highest BCUT2D eigenvalue weighted by Gasteiger charge is 2.10. The van der Waals surface area contributed by atoms with Crippen LogP contribution in [0.25, 0.3) is 0 Å². The van der Waals surface area contributed by atoms with Crippen LogP contribution >= 0.6 is 0 Å². The van der Waals surface area contributed by atoms with Crippen LogP contribution in [0.1, 0.15) is 32.8 Å². The van der Waals surface area contributed by atoms with Gasteiger partial charge in [-0.1, -0.05) is 19.9 Å². The van der Waals surface area contributed by atoms with Gasteiger partial charge in [-0.25, -0.2) is 4.39 Å². The first-order valence-corrected chi connectivity index (χ1v) is 7.61. The molecule has 0 saturated carbocycles. The molecule has 1 aromatic rings. The number of hydrogen-bond donors (Lipinski definition) is 1. The minimum absolute atomic E-state index is 0.169. The van der Waals surface area contributed by atoms with Crippen LogP contribution in [0.4, 0.5) is 10.1 Å². The van der Waals surface area contributed by atoms with Gasteiger partial charge in [-0.2, -0.15) is 0 Å². The molecule has 0 amide bonds. The molecular weight excluding hydrogens is 253 g/mol. The van der Waals surface area contributed by atoms with Crippen LogP contribution < -0.4 is 10.6 Å². The van der Waals surface area contributed by atoms with Crippen molar-refractivity contribution in [3.63, 3.8) is 0 Å². The molecule has 0 aliphatic carbocycles. The molecule has 0 fully saturated rings. The summed E-state index contributed by atoms with van der Waals surface area (Å²) in [5, 5.41) is 0. The van der Waals surface area contributed by atoms with Gasteiger partial charge in [-0.05, 0) is 50.7 Å². The van der Waals surface area contributed by atoms with Gasteiger partial charge in [-0.3, -0.25) is 0 Å². The fraction of sp³-hybridized carbons (Fsp3) is 0.625. The Morgan fingerprint density at radius 3 is 2.25 bits per heavy atom. The molecule has 1 aromatic carbocycles. The molecule has 0 unspecified atom stereocenters. The maximum Gasteiger partial charge on any atom is 0.146 e. The average molecular weight is 281 g/mol. The molecule has 0 radical (unpaired) electrons. The van der Waals surface area contributed by atoms with Gasteiger partial charge in [0.05, 0.1) is 5.69 Å². The van der Waals surface area contributed by atoms with E-state index in [1.807, 2.05) is 12.1 Å². The molecule has 0 bridgehead atoms. The maximum atomic E-state index is 14.1. The Kier molecular flexibility index (Phi) is 7.55. The van der Waals surface area contributed by atoms with Crippen molar-refractivity contribution < 1.29 is 4.39 Å². The average Bonchev–Trinajstić information content (AvgIpc) is 2.48. The molecule has 0 spiro atoms. The van der Waals surface area contributed by atoms with Crippen LogP contribution in [0.5, 0.6) is 0 Å². The number of rotatable bonds is 9. The number of hydrogen-bond acceptors (Lipinski definition) is 3. The number of halogens is 1. The van der Waals surface area contributed by atoms with Crippen molar-refractivity contribution in [3.8, 4) is 0 Å². The van der Waals surface area contributed by atoms with Crippen molar-refractivity contribution in [2.45, 2.75) is 33.7 Å². The highest BCUT2D eigenvalue weighted by Crippen LogP contribution is 2.20. The Morgan fingerprint density at radius 2 is 1.75 bits per heavy atom. The van der Waals surface area contributed by atoms with Gasteiger partial charge in [0, 0.05) is 19.6 Å². The topological polar surface area (TPSA) is 32.5 Å². The van der Waals surface area contributed by atoms with Gasteiger partial charge < -0.3 is 15.5 Å². The zero-order valence-corrected chi connectivity index (χ0v) is 13.0. The molecule has 114 valence electrons. The number of anilines is 1. The molecule has 0 aliphatic heterocycles. The lowest BCUT2D eigenvalue weighted by atomic mass is 10.1. The van der Waals surface area contributed by atoms with Gasteiger partial charge in [0.2, 0.25) is 0 Å². The maximum absolute atomic E-state index is 14.1. The van der Waals surface area contributed by atoms with E-state index in [1.54, 1.807) is 6.07 Å². The summed E-state index contributed by atoms with van der Waals surface area (Å²) in [4.78, 5) is 4.49. The summed E-state index contributed by atoms with van der Waals surface area (Å²) in [6.45, 7) is 11.7. The lowest BCUT2D eigenvalue weighted by Crippen LogP contribution is -2.30. The van der Waals surface area contributed by atoms with E-state index in [9.17, 15) is 4.39 Å². The first-order valence-electron chi connectivity index (χ1n) is 7.61. The van der Waals surface area contributed by atoms with E-state index in [1.165, 1.54) is 0 Å². The molecule has 0 aromatic heterocycles. The second-order valence-corrected chi connectivity index (χ2v) is 4.95. The zero-order valence-electron chi connectivity index (χ0n) is 13.0. The second-order valence-electron chi connectivity index (χ2n) is 4.95. The number of nitrogens with zero attached hydrogens (tertiary/aromatic N) is 2. The molecule has 0 heterocycles. The van der Waals surface area contributed by atoms with E-state index < -0.39 is 0 Å². The van der Waals surface area contributed by atoms with E-state index in [0.717, 1.165) is 44.7 Å². The van der Waals surface area contributed by atoms with Crippen molar-refractivity contribution in [1.29, 1.82) is 0 Å². The van der Waals surface area contributed by atoms with E-state index in [-0.39, 0.29) is 5.82 Å². The third kappa shape index (κ3) is 4.76. The zero-order chi connectivity index (χ0) is 15.0. The Balaban J connectivity index is 2.62.